The number of rotatable bonds is 6. The van der Waals surface area contributed by atoms with Gasteiger partial charge in [-0.15, -0.1) is 0 Å². The van der Waals surface area contributed by atoms with Crippen LogP contribution in [0, 0.1) is 0 Å². The van der Waals surface area contributed by atoms with Gasteiger partial charge in [-0.25, -0.2) is 0 Å². The van der Waals surface area contributed by atoms with Gasteiger partial charge in [0.2, 0.25) is 11.5 Å². The molecule has 32 heavy (non-hydrogen) atoms. The van der Waals surface area contributed by atoms with Crippen LogP contribution in [0.15, 0.2) is 65.5 Å². The predicted molar refractivity (Wildman–Crippen MR) is 138 cm³/mol. The molecule has 2 N–H and O–H groups in total. The van der Waals surface area contributed by atoms with Crippen LogP contribution in [0.4, 0.5) is 0 Å². The highest BCUT2D eigenvalue weighted by Crippen LogP contribution is 2.24. The third-order valence-electron chi connectivity index (χ3n) is 5.87. The highest BCUT2D eigenvalue weighted by Gasteiger charge is 2.28. The van der Waals surface area contributed by atoms with Crippen LogP contribution in [0.1, 0.15) is 23.6 Å². The number of β-amino-alcohol motifs (C(OH)–C–C–N with tert-alkyl or cyclic N) is 1. The Hall–Kier alpha value is -2.26. The number of carbonyl (C=O) groups is 1. The zero-order valence-electron chi connectivity index (χ0n) is 18.1. The molecule has 0 radical (unpaired) electrons. The maximum absolute atomic E-state index is 13.2. The summed E-state index contributed by atoms with van der Waals surface area (Å²) < 4.78 is 0. The fourth-order valence-electron chi connectivity index (χ4n) is 4.13. The van der Waals surface area contributed by atoms with Crippen LogP contribution in [-0.2, 0) is 11.2 Å². The highest BCUT2D eigenvalue weighted by atomic mass is 32.1. The predicted octanol–water partition coefficient (Wildman–Crippen LogP) is 2.56. The second kappa shape index (κ2) is 11.6. The Balaban J connectivity index is 0.00000181. The van der Waals surface area contributed by atoms with Crippen molar-refractivity contribution in [2.24, 2.45) is 0 Å². The first-order chi connectivity index (χ1) is 14.5. The molecule has 0 spiro atoms. The molecule has 2 heterocycles. The lowest BCUT2D eigenvalue weighted by molar-refractivity contribution is -0.131. The van der Waals surface area contributed by atoms with E-state index in [0.717, 1.165) is 35.0 Å². The number of H-pyrrole nitrogens is 1. The number of carbonyl (C=O) groups excluding carboxylic acids is 1. The number of aliphatic hydroxyl groups is 1. The Labute approximate surface area is 202 Å². The number of aliphatic hydroxyl groups excluding tert-OH is 1. The van der Waals surface area contributed by atoms with Crippen LogP contribution in [0.25, 0.3) is 10.9 Å². The molecule has 6 nitrogen and oxygen atoms in total. The molecular formula is C24H31N3O3S2. The first kappa shape index (κ1) is 26.0. The van der Waals surface area contributed by atoms with Crippen molar-refractivity contribution in [1.29, 1.82) is 0 Å². The summed E-state index contributed by atoms with van der Waals surface area (Å²) in [6.07, 6.45) is 0.742. The van der Waals surface area contributed by atoms with E-state index in [2.05, 4.69) is 9.88 Å². The maximum Gasteiger partial charge on any atom is 0.248 e. The Morgan fingerprint density at radius 1 is 1.16 bits per heavy atom. The van der Waals surface area contributed by atoms with Crippen molar-refractivity contribution in [2.45, 2.75) is 25.0 Å². The molecule has 1 aliphatic rings. The van der Waals surface area contributed by atoms with Gasteiger partial charge in [0, 0.05) is 38.3 Å². The minimum atomic E-state index is -0.290. The lowest BCUT2D eigenvalue weighted by Gasteiger charge is -2.32. The van der Waals surface area contributed by atoms with Crippen LogP contribution < -0.4 is 5.56 Å². The smallest absolute Gasteiger partial charge is 0.248 e. The van der Waals surface area contributed by atoms with Gasteiger partial charge in [0.15, 0.2) is 0 Å². The standard InChI is InChI=1S/C24H27N3O3.2H2S/c1-26(22(19-5-3-2-4-6-19)16-27-12-11-20(28)15-27)24(30)14-17-7-8-18-9-10-23(29)25-21(18)13-17;;/h2-10,13,20,22,28H,11-12,14-16H2,1H3,(H,25,29);2*1H2/t20-,22+;;/m0../s1. The number of likely N-dealkylation sites (N-methyl/N-ethyl adjacent to an activating group) is 1. The van der Waals surface area contributed by atoms with Gasteiger partial charge in [0.25, 0.3) is 0 Å². The average Bonchev–Trinajstić information content (AvgIpc) is 3.16. The first-order valence-electron chi connectivity index (χ1n) is 10.3. The monoisotopic (exact) mass is 473 g/mol. The third-order valence-corrected chi connectivity index (χ3v) is 5.87. The fraction of sp³-hybridized carbons (Fsp3) is 0.333. The molecule has 172 valence electrons. The quantitative estimate of drug-likeness (QED) is 0.577. The molecule has 2 aromatic carbocycles. The molecule has 1 fully saturated rings. The van der Waals surface area contributed by atoms with Crippen LogP contribution in [-0.4, -0.2) is 58.6 Å². The van der Waals surface area contributed by atoms with Crippen molar-refractivity contribution in [2.75, 3.05) is 26.7 Å². The number of nitrogens with zero attached hydrogens (tertiary/aromatic N) is 2. The second-order valence-electron chi connectivity index (χ2n) is 8.05. The Bertz CT molecular complexity index is 1090. The summed E-state index contributed by atoms with van der Waals surface area (Å²) in [5.74, 6) is 0.0150. The maximum atomic E-state index is 13.2. The molecule has 0 saturated carbocycles. The van der Waals surface area contributed by atoms with E-state index in [1.54, 1.807) is 11.0 Å². The number of pyridine rings is 1. The summed E-state index contributed by atoms with van der Waals surface area (Å²) in [5.41, 5.74) is 2.53. The number of hydrogen-bond acceptors (Lipinski definition) is 4. The Morgan fingerprint density at radius 2 is 1.88 bits per heavy atom. The van der Waals surface area contributed by atoms with E-state index in [1.165, 1.54) is 6.07 Å². The number of benzene rings is 2. The first-order valence-corrected chi connectivity index (χ1v) is 10.3. The molecule has 1 aromatic heterocycles. The fourth-order valence-corrected chi connectivity index (χ4v) is 4.13. The van der Waals surface area contributed by atoms with Gasteiger partial charge in [0.05, 0.1) is 18.6 Å². The molecule has 1 saturated heterocycles. The van der Waals surface area contributed by atoms with Gasteiger partial charge in [-0.1, -0.05) is 42.5 Å². The zero-order chi connectivity index (χ0) is 21.1. The molecule has 1 aliphatic heterocycles. The van der Waals surface area contributed by atoms with E-state index in [9.17, 15) is 14.7 Å². The lowest BCUT2D eigenvalue weighted by atomic mass is 10.0. The van der Waals surface area contributed by atoms with Gasteiger partial charge in [-0.3, -0.25) is 14.5 Å². The molecule has 1 amide bonds. The van der Waals surface area contributed by atoms with Crippen LogP contribution in [0.3, 0.4) is 0 Å². The number of nitrogens with one attached hydrogen (secondary N) is 1. The van der Waals surface area contributed by atoms with Gasteiger partial charge >= 0.3 is 0 Å². The highest BCUT2D eigenvalue weighted by molar-refractivity contribution is 7.59. The van der Waals surface area contributed by atoms with Crippen molar-refractivity contribution in [1.82, 2.24) is 14.8 Å². The zero-order valence-corrected chi connectivity index (χ0v) is 20.1. The van der Waals surface area contributed by atoms with E-state index in [0.29, 0.717) is 13.1 Å². The molecule has 8 heteroatoms. The number of aromatic amines is 1. The molecular weight excluding hydrogens is 442 g/mol. The largest absolute Gasteiger partial charge is 0.392 e. The number of likely N-dealkylation sites (tertiary alicyclic amines) is 1. The summed E-state index contributed by atoms with van der Waals surface area (Å²) in [5, 5.41) is 10.8. The molecule has 4 rings (SSSR count). The second-order valence-corrected chi connectivity index (χ2v) is 8.05. The molecule has 2 atom stereocenters. The topological polar surface area (TPSA) is 76.6 Å². The number of amides is 1. The van der Waals surface area contributed by atoms with Crippen molar-refractivity contribution in [3.8, 4) is 0 Å². The van der Waals surface area contributed by atoms with Crippen molar-refractivity contribution >= 4 is 43.8 Å². The van der Waals surface area contributed by atoms with Crippen LogP contribution in [0.2, 0.25) is 0 Å². The summed E-state index contributed by atoms with van der Waals surface area (Å²) in [6.45, 7) is 2.17. The van der Waals surface area contributed by atoms with Crippen molar-refractivity contribution < 1.29 is 9.90 Å². The normalized spacial score (nSPS) is 16.8. The Kier molecular flexibility index (Phi) is 9.39. The van der Waals surface area contributed by atoms with Crippen LogP contribution in [0.5, 0.6) is 0 Å². The van der Waals surface area contributed by atoms with E-state index >= 15 is 0 Å². The van der Waals surface area contributed by atoms with Gasteiger partial charge in [0.1, 0.15) is 0 Å². The minimum Gasteiger partial charge on any atom is -0.392 e. The molecule has 0 unspecified atom stereocenters. The van der Waals surface area contributed by atoms with Gasteiger partial charge < -0.3 is 15.0 Å². The van der Waals surface area contributed by atoms with Gasteiger partial charge in [-0.2, -0.15) is 27.0 Å². The minimum absolute atomic E-state index is 0. The van der Waals surface area contributed by atoms with Gasteiger partial charge in [-0.05, 0) is 35.1 Å². The van der Waals surface area contributed by atoms with E-state index in [1.807, 2.05) is 55.6 Å². The third kappa shape index (κ3) is 6.16. The van der Waals surface area contributed by atoms with Crippen molar-refractivity contribution in [3.05, 3.63) is 82.1 Å². The summed E-state index contributed by atoms with van der Waals surface area (Å²) in [4.78, 5) is 31.6. The molecule has 0 bridgehead atoms. The summed E-state index contributed by atoms with van der Waals surface area (Å²) >= 11 is 0. The van der Waals surface area contributed by atoms with E-state index in [-0.39, 0.29) is 57.0 Å². The average molecular weight is 474 g/mol. The lowest BCUT2D eigenvalue weighted by Crippen LogP contribution is -2.39. The number of fused-ring (bicyclic) bond motifs is 1. The summed E-state index contributed by atoms with van der Waals surface area (Å²) in [7, 11) is 1.84. The number of aromatic nitrogens is 1. The van der Waals surface area contributed by atoms with E-state index in [4.69, 9.17) is 0 Å². The molecule has 3 aromatic rings. The Morgan fingerprint density at radius 3 is 2.56 bits per heavy atom. The summed E-state index contributed by atoms with van der Waals surface area (Å²) in [6, 6.07) is 18.9. The SMILES string of the molecule is CN(C(=O)Cc1ccc2ccc(=O)[nH]c2c1)[C@H](CN1CC[C@H](O)C1)c1ccccc1.S.S. The van der Waals surface area contributed by atoms with Crippen molar-refractivity contribution in [3.63, 3.8) is 0 Å². The molecule has 0 aliphatic carbocycles. The van der Waals surface area contributed by atoms with E-state index < -0.39 is 0 Å². The van der Waals surface area contributed by atoms with Crippen LogP contribution >= 0.6 is 27.0 Å². The number of hydrogen-bond donors (Lipinski definition) is 2.